The minimum Gasteiger partial charge on any atom is -0.378 e. The van der Waals surface area contributed by atoms with E-state index in [-0.39, 0.29) is 17.9 Å². The predicted molar refractivity (Wildman–Crippen MR) is 66.6 cm³/mol. The normalized spacial score (nSPS) is 38.2. The number of halogens is 1. The van der Waals surface area contributed by atoms with Crippen molar-refractivity contribution in [3.8, 4) is 0 Å². The quantitative estimate of drug-likeness (QED) is 0.744. The third-order valence-electron chi connectivity index (χ3n) is 3.78. The average Bonchev–Trinajstić information content (AvgIpc) is 2.61. The maximum absolute atomic E-state index is 12.1. The van der Waals surface area contributed by atoms with E-state index in [1.807, 2.05) is 18.9 Å². The number of carbonyl (C=O) groups excluding carboxylic acids is 1. The van der Waals surface area contributed by atoms with Crippen LogP contribution in [0.3, 0.4) is 0 Å². The number of ether oxygens (including phenoxy) is 1. The molecule has 0 aromatic carbocycles. The van der Waals surface area contributed by atoms with E-state index in [0.717, 1.165) is 19.6 Å². The van der Waals surface area contributed by atoms with Crippen LogP contribution in [0.2, 0.25) is 0 Å². The molecule has 16 heavy (non-hydrogen) atoms. The van der Waals surface area contributed by atoms with E-state index in [1.165, 1.54) is 12.8 Å². The average molecular weight is 290 g/mol. The second kappa shape index (κ2) is 5.05. The van der Waals surface area contributed by atoms with E-state index in [9.17, 15) is 4.79 Å². The number of nitrogens with zero attached hydrogens (tertiary/aromatic N) is 1. The van der Waals surface area contributed by atoms with Gasteiger partial charge in [0.05, 0.1) is 12.0 Å². The second-order valence-electron chi connectivity index (χ2n) is 5.12. The molecule has 3 nitrogen and oxygen atoms in total. The SMILES string of the molecule is CC1OCCC1C(=O)N(C)CC1CC(Br)C1. The monoisotopic (exact) mass is 289 g/mol. The van der Waals surface area contributed by atoms with Crippen LogP contribution in [-0.2, 0) is 9.53 Å². The van der Waals surface area contributed by atoms with Crippen LogP contribution >= 0.6 is 15.9 Å². The fraction of sp³-hybridized carbons (Fsp3) is 0.917. The first-order valence-electron chi connectivity index (χ1n) is 6.08. The predicted octanol–water partition coefficient (Wildman–Crippen LogP) is 2.04. The molecule has 92 valence electrons. The minimum atomic E-state index is 0.0878. The summed E-state index contributed by atoms with van der Waals surface area (Å²) in [4.78, 5) is 14.7. The number of hydrogen-bond donors (Lipinski definition) is 0. The Bertz CT molecular complexity index is 266. The Morgan fingerprint density at radius 1 is 1.50 bits per heavy atom. The first-order chi connectivity index (χ1) is 7.58. The lowest BCUT2D eigenvalue weighted by atomic mass is 9.84. The summed E-state index contributed by atoms with van der Waals surface area (Å²) in [6.45, 7) is 3.64. The smallest absolute Gasteiger partial charge is 0.228 e. The van der Waals surface area contributed by atoms with Gasteiger partial charge in [-0.1, -0.05) is 15.9 Å². The molecule has 2 fully saturated rings. The topological polar surface area (TPSA) is 29.5 Å². The molecule has 0 aromatic heterocycles. The van der Waals surface area contributed by atoms with Crippen molar-refractivity contribution in [1.82, 2.24) is 4.90 Å². The van der Waals surface area contributed by atoms with Gasteiger partial charge in [-0.2, -0.15) is 0 Å². The molecule has 0 radical (unpaired) electrons. The number of amides is 1. The van der Waals surface area contributed by atoms with Gasteiger partial charge in [0.2, 0.25) is 5.91 Å². The minimum absolute atomic E-state index is 0.0878. The fourth-order valence-electron chi connectivity index (χ4n) is 2.62. The molecule has 2 rings (SSSR count). The zero-order valence-corrected chi connectivity index (χ0v) is 11.6. The Morgan fingerprint density at radius 3 is 2.69 bits per heavy atom. The Hall–Kier alpha value is -0.0900. The van der Waals surface area contributed by atoms with Crippen molar-refractivity contribution in [1.29, 1.82) is 0 Å². The highest BCUT2D eigenvalue weighted by molar-refractivity contribution is 9.09. The molecule has 2 atom stereocenters. The molecule has 2 aliphatic rings. The van der Waals surface area contributed by atoms with Crippen molar-refractivity contribution in [2.45, 2.75) is 37.1 Å². The highest BCUT2D eigenvalue weighted by Gasteiger charge is 2.35. The first-order valence-corrected chi connectivity index (χ1v) is 7.00. The molecule has 0 aromatic rings. The van der Waals surface area contributed by atoms with Gasteiger partial charge < -0.3 is 9.64 Å². The maximum Gasteiger partial charge on any atom is 0.228 e. The Kier molecular flexibility index (Phi) is 3.90. The fourth-order valence-corrected chi connectivity index (χ4v) is 3.68. The van der Waals surface area contributed by atoms with Crippen LogP contribution in [0.1, 0.15) is 26.2 Å². The molecule has 1 amide bonds. The van der Waals surface area contributed by atoms with Crippen LogP contribution in [0.25, 0.3) is 0 Å². The first kappa shape index (κ1) is 12.4. The standard InChI is InChI=1S/C12H20BrNO2/c1-8-11(3-4-16-8)12(15)14(2)7-9-5-10(13)6-9/h8-11H,3-7H2,1-2H3. The largest absolute Gasteiger partial charge is 0.378 e. The Balaban J connectivity index is 1.80. The van der Waals surface area contributed by atoms with Crippen LogP contribution in [0.4, 0.5) is 0 Å². The van der Waals surface area contributed by atoms with Gasteiger partial charge in [0.1, 0.15) is 0 Å². The lowest BCUT2D eigenvalue weighted by Crippen LogP contribution is -2.41. The summed E-state index contributed by atoms with van der Waals surface area (Å²) >= 11 is 3.58. The zero-order chi connectivity index (χ0) is 11.7. The van der Waals surface area contributed by atoms with Gasteiger partial charge in [-0.15, -0.1) is 0 Å². The summed E-state index contributed by atoms with van der Waals surface area (Å²) in [5.74, 6) is 1.05. The number of carbonyl (C=O) groups is 1. The summed E-state index contributed by atoms with van der Waals surface area (Å²) in [5, 5.41) is 0. The Labute approximate surface area is 106 Å². The van der Waals surface area contributed by atoms with Gasteiger partial charge in [-0.25, -0.2) is 0 Å². The molecule has 1 aliphatic carbocycles. The summed E-state index contributed by atoms with van der Waals surface area (Å²) in [7, 11) is 1.93. The third-order valence-corrected chi connectivity index (χ3v) is 4.53. The van der Waals surface area contributed by atoms with E-state index in [2.05, 4.69) is 15.9 Å². The van der Waals surface area contributed by atoms with Gasteiger partial charge in [-0.3, -0.25) is 4.79 Å². The van der Waals surface area contributed by atoms with Crippen LogP contribution in [-0.4, -0.2) is 41.9 Å². The molecule has 0 N–H and O–H groups in total. The van der Waals surface area contributed by atoms with E-state index in [1.54, 1.807) is 0 Å². The number of hydrogen-bond acceptors (Lipinski definition) is 2. The lowest BCUT2D eigenvalue weighted by molar-refractivity contribution is -0.136. The summed E-state index contributed by atoms with van der Waals surface area (Å²) in [6, 6.07) is 0. The van der Waals surface area contributed by atoms with E-state index < -0.39 is 0 Å². The molecule has 1 heterocycles. The summed E-state index contributed by atoms with van der Waals surface area (Å²) in [5.41, 5.74) is 0. The Morgan fingerprint density at radius 2 is 2.19 bits per heavy atom. The van der Waals surface area contributed by atoms with Crippen molar-refractivity contribution < 1.29 is 9.53 Å². The van der Waals surface area contributed by atoms with Crippen molar-refractivity contribution in [3.05, 3.63) is 0 Å². The summed E-state index contributed by atoms with van der Waals surface area (Å²) < 4.78 is 5.44. The molecular formula is C12H20BrNO2. The molecule has 0 spiro atoms. The van der Waals surface area contributed by atoms with Crippen molar-refractivity contribution in [2.24, 2.45) is 11.8 Å². The van der Waals surface area contributed by atoms with Crippen LogP contribution < -0.4 is 0 Å². The molecule has 0 bridgehead atoms. The molecule has 1 saturated carbocycles. The van der Waals surface area contributed by atoms with Crippen molar-refractivity contribution >= 4 is 21.8 Å². The molecular weight excluding hydrogens is 270 g/mol. The van der Waals surface area contributed by atoms with E-state index in [0.29, 0.717) is 10.7 Å². The highest BCUT2D eigenvalue weighted by Crippen LogP contribution is 2.34. The molecule has 1 saturated heterocycles. The number of rotatable bonds is 3. The zero-order valence-electron chi connectivity index (χ0n) is 9.99. The van der Waals surface area contributed by atoms with Gasteiger partial charge in [-0.05, 0) is 32.1 Å². The van der Waals surface area contributed by atoms with Crippen molar-refractivity contribution in [3.63, 3.8) is 0 Å². The van der Waals surface area contributed by atoms with Gasteiger partial charge in [0, 0.05) is 25.0 Å². The summed E-state index contributed by atoms with van der Waals surface area (Å²) in [6.07, 6.45) is 3.39. The third kappa shape index (κ3) is 2.59. The number of alkyl halides is 1. The van der Waals surface area contributed by atoms with Gasteiger partial charge in [0.25, 0.3) is 0 Å². The molecule has 1 aliphatic heterocycles. The van der Waals surface area contributed by atoms with Crippen LogP contribution in [0.5, 0.6) is 0 Å². The van der Waals surface area contributed by atoms with E-state index in [4.69, 9.17) is 4.74 Å². The molecule has 2 unspecified atom stereocenters. The maximum atomic E-state index is 12.1. The van der Waals surface area contributed by atoms with Gasteiger partial charge in [0.15, 0.2) is 0 Å². The van der Waals surface area contributed by atoms with Crippen LogP contribution in [0.15, 0.2) is 0 Å². The van der Waals surface area contributed by atoms with E-state index >= 15 is 0 Å². The van der Waals surface area contributed by atoms with Crippen LogP contribution in [0, 0.1) is 11.8 Å². The molecule has 4 heteroatoms. The lowest BCUT2D eigenvalue weighted by Gasteiger charge is -2.35. The highest BCUT2D eigenvalue weighted by atomic mass is 79.9. The second-order valence-corrected chi connectivity index (χ2v) is 6.42. The van der Waals surface area contributed by atoms with Crippen molar-refractivity contribution in [2.75, 3.05) is 20.2 Å². The van der Waals surface area contributed by atoms with Gasteiger partial charge >= 0.3 is 0 Å².